The number of aromatic amines is 1. The first-order valence-electron chi connectivity index (χ1n) is 9.89. The molecule has 158 valence electrons. The fourth-order valence-corrected chi connectivity index (χ4v) is 3.99. The van der Waals surface area contributed by atoms with E-state index in [0.29, 0.717) is 30.4 Å². The van der Waals surface area contributed by atoms with Crippen LogP contribution in [0.15, 0.2) is 36.5 Å². The van der Waals surface area contributed by atoms with Crippen LogP contribution in [0.1, 0.15) is 35.1 Å². The van der Waals surface area contributed by atoms with Crippen LogP contribution >= 0.6 is 12.4 Å². The van der Waals surface area contributed by atoms with E-state index >= 15 is 0 Å². The van der Waals surface area contributed by atoms with Gasteiger partial charge in [0.2, 0.25) is 0 Å². The number of H-pyrrole nitrogens is 1. The number of carbonyl (C=O) groups excluding carboxylic acids is 1. The van der Waals surface area contributed by atoms with E-state index in [0.717, 1.165) is 36.2 Å². The van der Waals surface area contributed by atoms with Gasteiger partial charge < -0.3 is 19.8 Å². The Kier molecular flexibility index (Phi) is 5.78. The third kappa shape index (κ3) is 3.93. The summed E-state index contributed by atoms with van der Waals surface area (Å²) in [7, 11) is 2.10. The molecule has 8 nitrogen and oxygen atoms in total. The molecule has 2 aromatic heterocycles. The van der Waals surface area contributed by atoms with Crippen molar-refractivity contribution in [2.75, 3.05) is 26.8 Å². The molecule has 0 aliphatic carbocycles. The maximum atomic E-state index is 12.8. The third-order valence-corrected chi connectivity index (χ3v) is 5.59. The van der Waals surface area contributed by atoms with Crippen LogP contribution < -0.4 is 14.8 Å². The second-order valence-electron chi connectivity index (χ2n) is 7.55. The van der Waals surface area contributed by atoms with Gasteiger partial charge in [-0.25, -0.2) is 9.97 Å². The predicted molar refractivity (Wildman–Crippen MR) is 114 cm³/mol. The molecule has 1 amide bonds. The van der Waals surface area contributed by atoms with Crippen molar-refractivity contribution in [1.29, 1.82) is 0 Å². The van der Waals surface area contributed by atoms with Crippen LogP contribution in [0.5, 0.6) is 11.6 Å². The molecule has 0 radical (unpaired) electrons. The molecule has 3 aromatic rings. The first-order chi connectivity index (χ1) is 14.2. The van der Waals surface area contributed by atoms with Crippen molar-refractivity contribution in [1.82, 2.24) is 25.2 Å². The van der Waals surface area contributed by atoms with Crippen LogP contribution in [0.3, 0.4) is 0 Å². The SMILES string of the molecule is CN1CC[C@@H](NC(=O)c2cnc3c(c2)OCCO3)C[C@@H]1c1nc2ccccc2[nH]1.Cl. The summed E-state index contributed by atoms with van der Waals surface area (Å²) in [5.74, 6) is 1.76. The van der Waals surface area contributed by atoms with Crippen LogP contribution in [-0.4, -0.2) is 58.6 Å². The molecule has 2 aliphatic heterocycles. The van der Waals surface area contributed by atoms with E-state index in [4.69, 9.17) is 14.5 Å². The fraction of sp³-hybridized carbons (Fsp3) is 0.381. The number of carbonyl (C=O) groups is 1. The maximum absolute atomic E-state index is 12.8. The van der Waals surface area contributed by atoms with Crippen LogP contribution in [-0.2, 0) is 0 Å². The van der Waals surface area contributed by atoms with Gasteiger partial charge in [0.1, 0.15) is 19.0 Å². The van der Waals surface area contributed by atoms with Crippen LogP contribution in [0.2, 0.25) is 0 Å². The van der Waals surface area contributed by atoms with Gasteiger partial charge in [0.15, 0.2) is 5.75 Å². The van der Waals surface area contributed by atoms with Crippen molar-refractivity contribution in [3.05, 3.63) is 47.9 Å². The molecule has 1 aromatic carbocycles. The number of halogens is 1. The van der Waals surface area contributed by atoms with Crippen molar-refractivity contribution in [2.24, 2.45) is 0 Å². The average Bonchev–Trinajstić information content (AvgIpc) is 3.18. The molecule has 9 heteroatoms. The van der Waals surface area contributed by atoms with E-state index in [1.807, 2.05) is 24.3 Å². The quantitative estimate of drug-likeness (QED) is 0.665. The number of benzene rings is 1. The van der Waals surface area contributed by atoms with E-state index < -0.39 is 0 Å². The second-order valence-corrected chi connectivity index (χ2v) is 7.55. The molecule has 0 saturated carbocycles. The molecule has 1 saturated heterocycles. The summed E-state index contributed by atoms with van der Waals surface area (Å²) in [5, 5.41) is 3.15. The minimum Gasteiger partial charge on any atom is -0.484 e. The average molecular weight is 430 g/mol. The van der Waals surface area contributed by atoms with Crippen LogP contribution in [0.25, 0.3) is 11.0 Å². The number of piperidine rings is 1. The first kappa shape index (κ1) is 20.4. The fourth-order valence-electron chi connectivity index (χ4n) is 3.99. The monoisotopic (exact) mass is 429 g/mol. The number of pyridine rings is 1. The number of hydrogen-bond donors (Lipinski definition) is 2. The summed E-state index contributed by atoms with van der Waals surface area (Å²) in [6, 6.07) is 9.91. The minimum absolute atomic E-state index is 0. The van der Waals surface area contributed by atoms with Gasteiger partial charge in [-0.1, -0.05) is 12.1 Å². The summed E-state index contributed by atoms with van der Waals surface area (Å²) in [6.45, 7) is 1.82. The third-order valence-electron chi connectivity index (χ3n) is 5.59. The molecular formula is C21H24ClN5O3. The van der Waals surface area contributed by atoms with Crippen molar-refractivity contribution in [3.8, 4) is 11.6 Å². The summed E-state index contributed by atoms with van der Waals surface area (Å²) >= 11 is 0. The van der Waals surface area contributed by atoms with Gasteiger partial charge in [0, 0.05) is 24.8 Å². The standard InChI is InChI=1S/C21H23N5O3.ClH/c1-26-7-6-14(11-17(26)19-24-15-4-2-3-5-16(15)25-19)23-20(27)13-10-18-21(22-12-13)29-9-8-28-18;/h2-5,10,12,14,17H,6-9,11H2,1H3,(H,23,27)(H,24,25);1H/t14-,17-;/m1./s1. The highest BCUT2D eigenvalue weighted by Gasteiger charge is 2.30. The van der Waals surface area contributed by atoms with Crippen molar-refractivity contribution < 1.29 is 14.3 Å². The topological polar surface area (TPSA) is 92.4 Å². The molecule has 0 spiro atoms. The zero-order chi connectivity index (χ0) is 19.8. The van der Waals surface area contributed by atoms with Crippen LogP contribution in [0.4, 0.5) is 0 Å². The Morgan fingerprint density at radius 3 is 2.97 bits per heavy atom. The van der Waals surface area contributed by atoms with Gasteiger partial charge in [0.25, 0.3) is 11.8 Å². The number of amides is 1. The summed E-state index contributed by atoms with van der Waals surface area (Å²) in [5.41, 5.74) is 2.47. The Hall–Kier alpha value is -2.84. The predicted octanol–water partition coefficient (Wildman–Crippen LogP) is 2.72. The molecule has 5 rings (SSSR count). The number of likely N-dealkylation sites (tertiary alicyclic amines) is 1. The van der Waals surface area contributed by atoms with Crippen LogP contribution in [0, 0.1) is 0 Å². The molecule has 1 fully saturated rings. The Morgan fingerprint density at radius 1 is 1.27 bits per heavy atom. The smallest absolute Gasteiger partial charge is 0.257 e. The van der Waals surface area contributed by atoms with Gasteiger partial charge in [-0.15, -0.1) is 12.4 Å². The Balaban J connectivity index is 0.00000218. The van der Waals surface area contributed by atoms with Crippen molar-refractivity contribution >= 4 is 29.3 Å². The van der Waals surface area contributed by atoms with Gasteiger partial charge >= 0.3 is 0 Å². The van der Waals surface area contributed by atoms with Gasteiger partial charge in [0.05, 0.1) is 22.6 Å². The number of rotatable bonds is 3. The largest absolute Gasteiger partial charge is 0.484 e. The number of aromatic nitrogens is 3. The molecule has 2 atom stereocenters. The second kappa shape index (κ2) is 8.49. The van der Waals surface area contributed by atoms with Crippen molar-refractivity contribution in [3.63, 3.8) is 0 Å². The Bertz CT molecular complexity index is 1020. The summed E-state index contributed by atoms with van der Waals surface area (Å²) in [6.07, 6.45) is 3.21. The zero-order valence-electron chi connectivity index (χ0n) is 16.6. The lowest BCUT2D eigenvalue weighted by atomic mass is 9.97. The summed E-state index contributed by atoms with van der Waals surface area (Å²) in [4.78, 5) is 27.5. The molecule has 4 heterocycles. The number of nitrogens with zero attached hydrogens (tertiary/aromatic N) is 3. The molecule has 2 aliphatic rings. The number of para-hydroxylation sites is 2. The highest BCUT2D eigenvalue weighted by molar-refractivity contribution is 5.94. The number of ether oxygens (including phenoxy) is 2. The maximum Gasteiger partial charge on any atom is 0.257 e. The van der Waals surface area contributed by atoms with E-state index in [1.165, 1.54) is 6.20 Å². The van der Waals surface area contributed by atoms with E-state index in [-0.39, 0.29) is 30.4 Å². The van der Waals surface area contributed by atoms with E-state index in [1.54, 1.807) is 6.07 Å². The number of nitrogens with one attached hydrogen (secondary N) is 2. The van der Waals surface area contributed by atoms with Gasteiger partial charge in [-0.2, -0.15) is 0 Å². The lowest BCUT2D eigenvalue weighted by Gasteiger charge is -2.36. The highest BCUT2D eigenvalue weighted by atomic mass is 35.5. The summed E-state index contributed by atoms with van der Waals surface area (Å²) < 4.78 is 11.0. The van der Waals surface area contributed by atoms with Crippen molar-refractivity contribution in [2.45, 2.75) is 24.9 Å². The Morgan fingerprint density at radius 2 is 2.10 bits per heavy atom. The number of fused-ring (bicyclic) bond motifs is 2. The molecule has 30 heavy (non-hydrogen) atoms. The van der Waals surface area contributed by atoms with Gasteiger partial charge in [-0.3, -0.25) is 9.69 Å². The molecule has 0 bridgehead atoms. The Labute approximate surface area is 180 Å². The lowest BCUT2D eigenvalue weighted by molar-refractivity contribution is 0.0882. The molecular weight excluding hydrogens is 406 g/mol. The lowest BCUT2D eigenvalue weighted by Crippen LogP contribution is -2.45. The normalized spacial score (nSPS) is 21.1. The van der Waals surface area contributed by atoms with E-state index in [9.17, 15) is 4.79 Å². The minimum atomic E-state index is -0.146. The molecule has 2 N–H and O–H groups in total. The molecule has 0 unspecified atom stereocenters. The van der Waals surface area contributed by atoms with E-state index in [2.05, 4.69) is 27.2 Å². The highest BCUT2D eigenvalue weighted by Crippen LogP contribution is 2.30. The van der Waals surface area contributed by atoms with Gasteiger partial charge in [-0.05, 0) is 32.0 Å². The zero-order valence-corrected chi connectivity index (χ0v) is 17.4. The number of imidazole rings is 1. The first-order valence-corrected chi connectivity index (χ1v) is 9.89. The number of hydrogen-bond acceptors (Lipinski definition) is 6.